The van der Waals surface area contributed by atoms with Gasteiger partial charge in [-0.25, -0.2) is 4.79 Å². The fraction of sp³-hybridized carbons (Fsp3) is 0.548. The number of aromatic hydroxyl groups is 1. The van der Waals surface area contributed by atoms with E-state index in [9.17, 15) is 44.1 Å². The van der Waals surface area contributed by atoms with Gasteiger partial charge in [0.15, 0.2) is 24.4 Å². The molecule has 0 amide bonds. The van der Waals surface area contributed by atoms with Crippen molar-refractivity contribution in [2.45, 2.75) is 89.4 Å². The summed E-state index contributed by atoms with van der Waals surface area (Å²) in [7, 11) is 0. The first-order valence-corrected chi connectivity index (χ1v) is 14.8. The fourth-order valence-electron chi connectivity index (χ4n) is 4.99. The molecular formula is C31H38O18. The van der Waals surface area contributed by atoms with Gasteiger partial charge in [0, 0.05) is 40.7 Å². The molecule has 270 valence electrons. The maximum atomic E-state index is 13.2. The van der Waals surface area contributed by atoms with Gasteiger partial charge < -0.3 is 58.0 Å². The zero-order chi connectivity index (χ0) is 36.5. The summed E-state index contributed by atoms with van der Waals surface area (Å²) in [5.74, 6) is -8.06. The topological polar surface area (TPSA) is 246 Å². The van der Waals surface area contributed by atoms with E-state index in [4.69, 9.17) is 42.6 Å². The standard InChI is InChI=1S/C31H38O18/c1-15(33)41-13-23-25(40)27(44-18(4)36)28(45-19(5)37)30(46-23)49-31(14-42-16(2)34)29(26(43-17(3)35)22(12-32)48-31)47-24(39)11-8-20-6-9-21(38)10-7-20/h6-11,22-23,25-30,32,38,40H,12-14H2,1-5H3/t22-,23-,25-,26-,27+,28-,29+,30-,31+/m1/s1. The lowest BCUT2D eigenvalue weighted by atomic mass is 9.98. The predicted molar refractivity (Wildman–Crippen MR) is 157 cm³/mol. The van der Waals surface area contributed by atoms with E-state index < -0.39 is 110 Å². The van der Waals surface area contributed by atoms with Gasteiger partial charge in [-0.15, -0.1) is 0 Å². The van der Waals surface area contributed by atoms with Crippen LogP contribution in [0.3, 0.4) is 0 Å². The summed E-state index contributed by atoms with van der Waals surface area (Å²) in [6, 6.07) is 5.72. The van der Waals surface area contributed by atoms with Crippen LogP contribution in [-0.4, -0.2) is 126 Å². The van der Waals surface area contributed by atoms with Crippen LogP contribution >= 0.6 is 0 Å². The van der Waals surface area contributed by atoms with Crippen molar-refractivity contribution in [3.05, 3.63) is 35.9 Å². The van der Waals surface area contributed by atoms with Gasteiger partial charge in [-0.05, 0) is 23.8 Å². The Hall–Kier alpha value is -4.62. The van der Waals surface area contributed by atoms with Crippen LogP contribution in [0.25, 0.3) is 6.08 Å². The molecule has 0 spiro atoms. The van der Waals surface area contributed by atoms with Crippen molar-refractivity contribution in [1.82, 2.24) is 0 Å². The van der Waals surface area contributed by atoms with Crippen LogP contribution in [0, 0.1) is 0 Å². The van der Waals surface area contributed by atoms with E-state index in [0.29, 0.717) is 5.56 Å². The Bertz CT molecular complexity index is 1390. The van der Waals surface area contributed by atoms with E-state index in [1.54, 1.807) is 0 Å². The van der Waals surface area contributed by atoms with Crippen LogP contribution in [0.5, 0.6) is 5.75 Å². The highest BCUT2D eigenvalue weighted by Gasteiger charge is 2.64. The lowest BCUT2D eigenvalue weighted by Gasteiger charge is -2.45. The van der Waals surface area contributed by atoms with Crippen molar-refractivity contribution in [2.75, 3.05) is 19.8 Å². The molecule has 49 heavy (non-hydrogen) atoms. The molecule has 3 rings (SSSR count). The summed E-state index contributed by atoms with van der Waals surface area (Å²) in [5, 5.41) is 30.8. The molecule has 2 aliphatic rings. The van der Waals surface area contributed by atoms with Crippen molar-refractivity contribution in [1.29, 1.82) is 0 Å². The first kappa shape index (κ1) is 38.8. The van der Waals surface area contributed by atoms with Gasteiger partial charge in [0.2, 0.25) is 12.1 Å². The molecule has 2 heterocycles. The zero-order valence-electron chi connectivity index (χ0n) is 27.2. The predicted octanol–water partition coefficient (Wildman–Crippen LogP) is -0.572. The molecule has 0 unspecified atom stereocenters. The average molecular weight is 699 g/mol. The third kappa shape index (κ3) is 10.7. The monoisotopic (exact) mass is 698 g/mol. The van der Waals surface area contributed by atoms with Gasteiger partial charge in [0.05, 0.1) is 6.61 Å². The normalized spacial score (nSPS) is 29.4. The first-order chi connectivity index (χ1) is 23.0. The molecule has 0 bridgehead atoms. The first-order valence-electron chi connectivity index (χ1n) is 14.8. The molecule has 2 saturated heterocycles. The maximum absolute atomic E-state index is 13.2. The van der Waals surface area contributed by atoms with Crippen LogP contribution in [0.1, 0.15) is 40.2 Å². The van der Waals surface area contributed by atoms with Crippen molar-refractivity contribution < 1.29 is 86.7 Å². The Morgan fingerprint density at radius 3 is 1.90 bits per heavy atom. The molecule has 1 aromatic carbocycles. The highest BCUT2D eigenvalue weighted by molar-refractivity contribution is 5.87. The molecule has 2 aliphatic heterocycles. The van der Waals surface area contributed by atoms with Crippen molar-refractivity contribution in [2.24, 2.45) is 0 Å². The summed E-state index contributed by atoms with van der Waals surface area (Å²) >= 11 is 0. The molecule has 0 aromatic heterocycles. The third-order valence-electron chi connectivity index (χ3n) is 6.94. The van der Waals surface area contributed by atoms with Gasteiger partial charge in [0.25, 0.3) is 0 Å². The van der Waals surface area contributed by atoms with Gasteiger partial charge in [-0.3, -0.25) is 24.0 Å². The molecule has 0 saturated carbocycles. The molecular weight excluding hydrogens is 660 g/mol. The van der Waals surface area contributed by atoms with Crippen LogP contribution in [0.4, 0.5) is 0 Å². The second-order valence-electron chi connectivity index (χ2n) is 10.9. The largest absolute Gasteiger partial charge is 0.508 e. The quantitative estimate of drug-likeness (QED) is 0.133. The summed E-state index contributed by atoms with van der Waals surface area (Å²) in [6.07, 6.45) is -11.3. The Morgan fingerprint density at radius 1 is 0.776 bits per heavy atom. The lowest BCUT2D eigenvalue weighted by Crippen LogP contribution is -2.65. The SMILES string of the molecule is CC(=O)OC[C@H]1O[C@H](O[C@]2(COC(C)=O)O[C@H](CO)[C@@H](OC(C)=O)[C@@H]2OC(=O)C=Cc2ccc(O)cc2)[C@H](OC(C)=O)[C@@H](OC(C)=O)[C@@H]1O. The second-order valence-corrected chi connectivity index (χ2v) is 10.9. The lowest BCUT2D eigenvalue weighted by molar-refractivity contribution is -0.384. The Morgan fingerprint density at radius 2 is 1.35 bits per heavy atom. The Kier molecular flexibility index (Phi) is 13.6. The van der Waals surface area contributed by atoms with Crippen molar-refractivity contribution in [3.63, 3.8) is 0 Å². The number of benzene rings is 1. The van der Waals surface area contributed by atoms with E-state index in [1.807, 2.05) is 0 Å². The summed E-state index contributed by atoms with van der Waals surface area (Å²) in [6.45, 7) is 2.73. The van der Waals surface area contributed by atoms with Crippen molar-refractivity contribution >= 4 is 41.9 Å². The maximum Gasteiger partial charge on any atom is 0.331 e. The fourth-order valence-corrected chi connectivity index (χ4v) is 4.99. The minimum Gasteiger partial charge on any atom is -0.508 e. The molecule has 3 N–H and O–H groups in total. The van der Waals surface area contributed by atoms with E-state index in [2.05, 4.69) is 0 Å². The van der Waals surface area contributed by atoms with Gasteiger partial charge in [0.1, 0.15) is 37.3 Å². The molecule has 1 aromatic rings. The summed E-state index contributed by atoms with van der Waals surface area (Å²) < 4.78 is 49.7. The second kappa shape index (κ2) is 17.2. The Labute approximate surface area is 279 Å². The molecule has 9 atom stereocenters. The van der Waals surface area contributed by atoms with E-state index in [0.717, 1.165) is 40.7 Å². The number of aliphatic hydroxyl groups excluding tert-OH is 2. The zero-order valence-corrected chi connectivity index (χ0v) is 27.2. The molecule has 0 aliphatic carbocycles. The van der Waals surface area contributed by atoms with Crippen LogP contribution in [0.2, 0.25) is 0 Å². The molecule has 2 fully saturated rings. The summed E-state index contributed by atoms with van der Waals surface area (Å²) in [4.78, 5) is 73.2. The molecule has 0 radical (unpaired) electrons. The van der Waals surface area contributed by atoms with Crippen LogP contribution < -0.4 is 0 Å². The Balaban J connectivity index is 2.12. The highest BCUT2D eigenvalue weighted by Crippen LogP contribution is 2.41. The number of esters is 6. The van der Waals surface area contributed by atoms with Gasteiger partial charge in [-0.1, -0.05) is 12.1 Å². The highest BCUT2D eigenvalue weighted by atomic mass is 16.8. The molecule has 18 heteroatoms. The van der Waals surface area contributed by atoms with Gasteiger partial charge >= 0.3 is 35.8 Å². The number of hydrogen-bond acceptors (Lipinski definition) is 18. The minimum absolute atomic E-state index is 0.0231. The van der Waals surface area contributed by atoms with E-state index in [-0.39, 0.29) is 5.75 Å². The number of hydrogen-bond donors (Lipinski definition) is 3. The third-order valence-corrected chi connectivity index (χ3v) is 6.94. The number of carbonyl (C=O) groups excluding carboxylic acids is 6. The smallest absolute Gasteiger partial charge is 0.331 e. The average Bonchev–Trinajstić information content (AvgIpc) is 3.28. The van der Waals surface area contributed by atoms with Crippen LogP contribution in [-0.2, 0) is 71.4 Å². The number of aliphatic hydroxyl groups is 2. The minimum atomic E-state index is -2.51. The summed E-state index contributed by atoms with van der Waals surface area (Å²) in [5.41, 5.74) is 0.471. The number of phenolic OH excluding ortho intramolecular Hbond substituents is 1. The van der Waals surface area contributed by atoms with Gasteiger partial charge in [-0.2, -0.15) is 0 Å². The number of ether oxygens (including phenoxy) is 9. The molecule has 18 nitrogen and oxygen atoms in total. The van der Waals surface area contributed by atoms with Crippen LogP contribution in [0.15, 0.2) is 30.3 Å². The van der Waals surface area contributed by atoms with E-state index in [1.165, 1.54) is 30.3 Å². The number of phenols is 1. The van der Waals surface area contributed by atoms with Crippen molar-refractivity contribution in [3.8, 4) is 5.75 Å². The number of rotatable bonds is 13. The van der Waals surface area contributed by atoms with E-state index >= 15 is 0 Å². The number of carbonyl (C=O) groups is 6.